The van der Waals surface area contributed by atoms with Gasteiger partial charge in [-0.3, -0.25) is 0 Å². The molecule has 5 heteroatoms. The molecule has 0 radical (unpaired) electrons. The Hall–Kier alpha value is -0.480. The van der Waals surface area contributed by atoms with Gasteiger partial charge in [0, 0.05) is 17.6 Å². The maximum Gasteiger partial charge on any atom is 0.138 e. The summed E-state index contributed by atoms with van der Waals surface area (Å²) >= 11 is 11.8. The first-order chi connectivity index (χ1) is 9.65. The lowest BCUT2D eigenvalue weighted by atomic mass is 9.95. The molecular formula is C15H21Cl2NO2. The summed E-state index contributed by atoms with van der Waals surface area (Å²) in [6, 6.07) is 5.60. The van der Waals surface area contributed by atoms with Gasteiger partial charge in [-0.1, -0.05) is 42.5 Å². The lowest BCUT2D eigenvalue weighted by Gasteiger charge is -2.24. The van der Waals surface area contributed by atoms with Gasteiger partial charge in [-0.2, -0.15) is 0 Å². The molecule has 20 heavy (non-hydrogen) atoms. The molecule has 0 bridgehead atoms. The van der Waals surface area contributed by atoms with E-state index >= 15 is 0 Å². The Morgan fingerprint density at radius 1 is 1.25 bits per heavy atom. The predicted molar refractivity (Wildman–Crippen MR) is 82.8 cm³/mol. The van der Waals surface area contributed by atoms with Gasteiger partial charge in [0.1, 0.15) is 18.5 Å². The van der Waals surface area contributed by atoms with Gasteiger partial charge in [0.2, 0.25) is 0 Å². The molecule has 1 aromatic carbocycles. The first-order valence-electron chi connectivity index (χ1n) is 7.14. The Labute approximate surface area is 130 Å². The summed E-state index contributed by atoms with van der Waals surface area (Å²) in [5.41, 5.74) is 0. The second-order valence-electron chi connectivity index (χ2n) is 5.28. The maximum atomic E-state index is 9.93. The van der Waals surface area contributed by atoms with Crippen molar-refractivity contribution in [3.8, 4) is 5.75 Å². The molecule has 1 atom stereocenters. The van der Waals surface area contributed by atoms with Gasteiger partial charge in [0.05, 0.1) is 5.02 Å². The van der Waals surface area contributed by atoms with Crippen molar-refractivity contribution in [1.29, 1.82) is 0 Å². The first-order valence-corrected chi connectivity index (χ1v) is 7.90. The molecule has 112 valence electrons. The molecule has 1 aliphatic rings. The van der Waals surface area contributed by atoms with E-state index in [0.29, 0.717) is 28.4 Å². The third-order valence-corrected chi connectivity index (χ3v) is 4.10. The summed E-state index contributed by atoms with van der Waals surface area (Å²) in [7, 11) is 0. The van der Waals surface area contributed by atoms with Crippen molar-refractivity contribution >= 4 is 23.2 Å². The summed E-state index contributed by atoms with van der Waals surface area (Å²) in [6.07, 6.45) is 5.77. The number of rotatable bonds is 6. The van der Waals surface area contributed by atoms with Crippen molar-refractivity contribution in [1.82, 2.24) is 5.32 Å². The number of aliphatic hydroxyl groups excluding tert-OH is 1. The van der Waals surface area contributed by atoms with Crippen molar-refractivity contribution in [3.05, 3.63) is 28.2 Å². The van der Waals surface area contributed by atoms with Crippen LogP contribution in [0.2, 0.25) is 10.0 Å². The minimum absolute atomic E-state index is 0.223. The Morgan fingerprint density at radius 3 is 2.70 bits per heavy atom. The molecule has 0 spiro atoms. The lowest BCUT2D eigenvalue weighted by molar-refractivity contribution is 0.102. The van der Waals surface area contributed by atoms with Crippen molar-refractivity contribution in [2.24, 2.45) is 0 Å². The van der Waals surface area contributed by atoms with Crippen LogP contribution in [0.5, 0.6) is 5.75 Å². The molecule has 1 aromatic rings. The quantitative estimate of drug-likeness (QED) is 0.841. The van der Waals surface area contributed by atoms with Gasteiger partial charge >= 0.3 is 0 Å². The fourth-order valence-electron chi connectivity index (χ4n) is 2.45. The van der Waals surface area contributed by atoms with Gasteiger partial charge in [-0.25, -0.2) is 0 Å². The maximum absolute atomic E-state index is 9.93. The highest BCUT2D eigenvalue weighted by Crippen LogP contribution is 2.27. The molecule has 1 fully saturated rings. The number of halogens is 2. The molecular weight excluding hydrogens is 297 g/mol. The van der Waals surface area contributed by atoms with Crippen LogP contribution in [0.25, 0.3) is 0 Å². The van der Waals surface area contributed by atoms with Crippen LogP contribution in [0.15, 0.2) is 18.2 Å². The van der Waals surface area contributed by atoms with Crippen LogP contribution >= 0.6 is 23.2 Å². The molecule has 0 heterocycles. The predicted octanol–water partition coefficient (Wildman–Crippen LogP) is 3.66. The highest BCUT2D eigenvalue weighted by atomic mass is 35.5. The standard InChI is InChI=1S/C15H21Cl2NO2/c16-11-6-7-15(14(17)8-11)20-10-13(19)9-18-12-4-2-1-3-5-12/h6-8,12-13,18-19H,1-5,9-10H2. The van der Waals surface area contributed by atoms with Crippen LogP contribution in [0.3, 0.4) is 0 Å². The SMILES string of the molecule is OC(CNC1CCCCC1)COc1ccc(Cl)cc1Cl. The summed E-state index contributed by atoms with van der Waals surface area (Å²) < 4.78 is 5.51. The molecule has 1 aliphatic carbocycles. The van der Waals surface area contributed by atoms with Gasteiger partial charge in [-0.15, -0.1) is 0 Å². The van der Waals surface area contributed by atoms with E-state index in [1.807, 2.05) is 0 Å². The summed E-state index contributed by atoms with van der Waals surface area (Å²) in [6.45, 7) is 0.775. The van der Waals surface area contributed by atoms with E-state index < -0.39 is 6.10 Å². The van der Waals surface area contributed by atoms with Gasteiger partial charge in [0.15, 0.2) is 0 Å². The van der Waals surface area contributed by atoms with Gasteiger partial charge in [-0.05, 0) is 31.0 Å². The number of aliphatic hydroxyl groups is 1. The minimum Gasteiger partial charge on any atom is -0.489 e. The molecule has 2 rings (SSSR count). The Morgan fingerprint density at radius 2 is 2.00 bits per heavy atom. The summed E-state index contributed by atoms with van der Waals surface area (Å²) in [5, 5.41) is 14.4. The molecule has 1 unspecified atom stereocenters. The monoisotopic (exact) mass is 317 g/mol. The number of hydrogen-bond donors (Lipinski definition) is 2. The highest BCUT2D eigenvalue weighted by molar-refractivity contribution is 6.35. The van der Waals surface area contributed by atoms with E-state index in [1.165, 1.54) is 32.1 Å². The largest absolute Gasteiger partial charge is 0.489 e. The molecule has 2 N–H and O–H groups in total. The molecule has 0 aromatic heterocycles. The van der Waals surface area contributed by atoms with E-state index in [1.54, 1.807) is 18.2 Å². The second kappa shape index (κ2) is 8.08. The fourth-order valence-corrected chi connectivity index (χ4v) is 2.91. The summed E-state index contributed by atoms with van der Waals surface area (Å²) in [5.74, 6) is 0.549. The zero-order chi connectivity index (χ0) is 14.4. The molecule has 0 aliphatic heterocycles. The van der Waals surface area contributed by atoms with Crippen LogP contribution in [0.4, 0.5) is 0 Å². The van der Waals surface area contributed by atoms with E-state index in [0.717, 1.165) is 0 Å². The third kappa shape index (κ3) is 5.13. The topological polar surface area (TPSA) is 41.5 Å². The number of hydrogen-bond acceptors (Lipinski definition) is 3. The van der Waals surface area contributed by atoms with Crippen molar-refractivity contribution in [2.45, 2.75) is 44.2 Å². The molecule has 0 amide bonds. The van der Waals surface area contributed by atoms with Crippen LogP contribution in [0, 0.1) is 0 Å². The lowest BCUT2D eigenvalue weighted by Crippen LogP contribution is -2.38. The first kappa shape index (κ1) is 15.9. The minimum atomic E-state index is -0.538. The number of ether oxygens (including phenoxy) is 1. The Bertz CT molecular complexity index is 422. The van der Waals surface area contributed by atoms with E-state index in [-0.39, 0.29) is 6.61 Å². The third-order valence-electron chi connectivity index (χ3n) is 3.57. The van der Waals surface area contributed by atoms with E-state index in [2.05, 4.69) is 5.32 Å². The Kier molecular flexibility index (Phi) is 6.43. The number of nitrogens with one attached hydrogen (secondary N) is 1. The average Bonchev–Trinajstić information content (AvgIpc) is 2.45. The van der Waals surface area contributed by atoms with Crippen LogP contribution in [0.1, 0.15) is 32.1 Å². The van der Waals surface area contributed by atoms with Crippen molar-refractivity contribution < 1.29 is 9.84 Å². The van der Waals surface area contributed by atoms with Crippen molar-refractivity contribution in [3.63, 3.8) is 0 Å². The van der Waals surface area contributed by atoms with Crippen molar-refractivity contribution in [2.75, 3.05) is 13.2 Å². The van der Waals surface area contributed by atoms with Gasteiger partial charge < -0.3 is 15.2 Å². The average molecular weight is 318 g/mol. The molecule has 0 saturated heterocycles. The van der Waals surface area contributed by atoms with Crippen LogP contribution in [-0.2, 0) is 0 Å². The normalized spacial score (nSPS) is 17.9. The Balaban J connectivity index is 1.70. The second-order valence-corrected chi connectivity index (χ2v) is 6.13. The molecule has 1 saturated carbocycles. The van der Waals surface area contributed by atoms with Gasteiger partial charge in [0.25, 0.3) is 0 Å². The smallest absolute Gasteiger partial charge is 0.138 e. The number of benzene rings is 1. The zero-order valence-electron chi connectivity index (χ0n) is 11.4. The molecule has 3 nitrogen and oxygen atoms in total. The van der Waals surface area contributed by atoms with Crippen LogP contribution < -0.4 is 10.1 Å². The fraction of sp³-hybridized carbons (Fsp3) is 0.600. The summed E-state index contributed by atoms with van der Waals surface area (Å²) in [4.78, 5) is 0. The zero-order valence-corrected chi connectivity index (χ0v) is 13.0. The van der Waals surface area contributed by atoms with E-state index in [4.69, 9.17) is 27.9 Å². The van der Waals surface area contributed by atoms with E-state index in [9.17, 15) is 5.11 Å². The highest BCUT2D eigenvalue weighted by Gasteiger charge is 2.14. The van der Waals surface area contributed by atoms with Crippen LogP contribution in [-0.4, -0.2) is 30.4 Å².